The molecular weight excluding hydrogens is 815 g/mol. The molecule has 1 saturated carbocycles. The molecule has 6 unspecified atom stereocenters. The molecule has 8 atom stereocenters. The predicted octanol–water partition coefficient (Wildman–Crippen LogP) is 10.2. The Bertz CT molecular complexity index is 1140. The van der Waals surface area contributed by atoms with Gasteiger partial charge in [-0.3, -0.25) is 18.6 Å². The van der Waals surface area contributed by atoms with E-state index in [1.807, 2.05) is 0 Å². The molecule has 0 spiro atoms. The van der Waals surface area contributed by atoms with E-state index in [1.165, 1.54) is 128 Å². The first-order valence-corrected chi connectivity index (χ1v) is 26.5. The van der Waals surface area contributed by atoms with Gasteiger partial charge in [0.15, 0.2) is 6.10 Å². The molecule has 0 radical (unpaired) electrons. The van der Waals surface area contributed by atoms with Crippen molar-refractivity contribution < 1.29 is 63.1 Å². The lowest BCUT2D eigenvalue weighted by molar-refractivity contribution is -0.220. The molecule has 1 rings (SSSR count). The molecule has 0 aromatic carbocycles. The molecule has 6 N–H and O–H groups in total. The zero-order chi connectivity index (χ0) is 45.7. The van der Waals surface area contributed by atoms with E-state index in [4.69, 9.17) is 18.5 Å². The fraction of sp³-hybridized carbons (Fsp3) is 0.917. The molecule has 62 heavy (non-hydrogen) atoms. The van der Waals surface area contributed by atoms with Crippen LogP contribution in [0.5, 0.6) is 0 Å². The van der Waals surface area contributed by atoms with Gasteiger partial charge in [-0.25, -0.2) is 4.57 Å². The quantitative estimate of drug-likeness (QED) is 0.0146. The van der Waals surface area contributed by atoms with Crippen LogP contribution in [-0.2, 0) is 32.7 Å². The lowest BCUT2D eigenvalue weighted by atomic mass is 9.85. The Morgan fingerprint density at radius 2 is 0.823 bits per heavy atom. The predicted molar refractivity (Wildman–Crippen MR) is 244 cm³/mol. The third-order valence-corrected chi connectivity index (χ3v) is 12.8. The van der Waals surface area contributed by atoms with E-state index in [9.17, 15) is 44.6 Å². The van der Waals surface area contributed by atoms with Crippen LogP contribution in [0.3, 0.4) is 0 Å². The van der Waals surface area contributed by atoms with Crippen molar-refractivity contribution in [2.45, 2.75) is 268 Å². The lowest BCUT2D eigenvalue weighted by Gasteiger charge is -2.41. The van der Waals surface area contributed by atoms with E-state index in [0.29, 0.717) is 12.8 Å². The molecule has 0 amide bonds. The zero-order valence-corrected chi connectivity index (χ0v) is 39.8. The largest absolute Gasteiger partial charge is 0.472 e. The van der Waals surface area contributed by atoms with Gasteiger partial charge < -0.3 is 39.9 Å². The summed E-state index contributed by atoms with van der Waals surface area (Å²) in [7, 11) is -5.12. The van der Waals surface area contributed by atoms with Crippen molar-refractivity contribution in [3.8, 4) is 0 Å². The third kappa shape index (κ3) is 30.7. The summed E-state index contributed by atoms with van der Waals surface area (Å²) in [5.74, 6) is -1.10. The molecular formula is C48H91O13P. The number of unbranched alkanes of at least 4 members (excludes halogenated alkanes) is 28. The minimum absolute atomic E-state index is 0.0912. The number of rotatable bonds is 42. The lowest BCUT2D eigenvalue weighted by Crippen LogP contribution is -2.64. The first-order valence-electron chi connectivity index (χ1n) is 25.0. The standard InChI is InChI=1S/C48H91O13P/c1-3-5-7-9-11-13-15-17-19-21-23-24-26-28-30-32-34-36-41(49)58-38-40(39-59-62(56,57)61-48-46(54)44(52)43(51)45(53)47(48)55)60-42(50)37-35-33-31-29-27-25-22-20-18-16-14-12-10-8-6-4-2/h20,22,40,43-48,51-55H,3-19,21,23-39H2,1-2H3,(H,56,57)/b22-20-/t40-,43?,44-,45?,46?,47?,48?/m1/s1. The van der Waals surface area contributed by atoms with E-state index < -0.39 is 75.7 Å². The van der Waals surface area contributed by atoms with Crippen LogP contribution in [0.2, 0.25) is 0 Å². The average molecular weight is 907 g/mol. The first-order chi connectivity index (χ1) is 29.9. The zero-order valence-electron chi connectivity index (χ0n) is 38.9. The normalized spacial score (nSPS) is 21.9. The Morgan fingerprint density at radius 3 is 1.23 bits per heavy atom. The van der Waals surface area contributed by atoms with Crippen molar-refractivity contribution in [2.24, 2.45) is 0 Å². The van der Waals surface area contributed by atoms with E-state index in [1.54, 1.807) is 0 Å². The number of ether oxygens (including phenoxy) is 2. The van der Waals surface area contributed by atoms with Crippen LogP contribution in [0.15, 0.2) is 12.2 Å². The first kappa shape index (κ1) is 58.6. The van der Waals surface area contributed by atoms with Crippen LogP contribution >= 0.6 is 7.82 Å². The van der Waals surface area contributed by atoms with Crippen molar-refractivity contribution in [1.29, 1.82) is 0 Å². The van der Waals surface area contributed by atoms with Crippen LogP contribution in [0.25, 0.3) is 0 Å². The summed E-state index contributed by atoms with van der Waals surface area (Å²) < 4.78 is 33.6. The number of carbonyl (C=O) groups is 2. The van der Waals surface area contributed by atoms with Gasteiger partial charge in [-0.15, -0.1) is 0 Å². The van der Waals surface area contributed by atoms with Crippen LogP contribution in [-0.4, -0.2) is 98.3 Å². The number of hydrogen-bond donors (Lipinski definition) is 6. The molecule has 14 heteroatoms. The smallest absolute Gasteiger partial charge is 0.462 e. The molecule has 1 aliphatic carbocycles. The maximum Gasteiger partial charge on any atom is 0.472 e. The van der Waals surface area contributed by atoms with Crippen molar-refractivity contribution in [1.82, 2.24) is 0 Å². The van der Waals surface area contributed by atoms with Gasteiger partial charge in [0.2, 0.25) is 0 Å². The summed E-state index contributed by atoms with van der Waals surface area (Å²) >= 11 is 0. The Morgan fingerprint density at radius 1 is 0.484 bits per heavy atom. The molecule has 0 aromatic rings. The molecule has 0 aliphatic heterocycles. The Balaban J connectivity index is 2.41. The molecule has 1 fully saturated rings. The molecule has 1 aliphatic rings. The van der Waals surface area contributed by atoms with Crippen LogP contribution < -0.4 is 0 Å². The molecule has 0 aromatic heterocycles. The van der Waals surface area contributed by atoms with Gasteiger partial charge in [0.1, 0.15) is 43.2 Å². The monoisotopic (exact) mass is 907 g/mol. The van der Waals surface area contributed by atoms with E-state index in [-0.39, 0.29) is 12.8 Å². The van der Waals surface area contributed by atoms with E-state index in [2.05, 4.69) is 26.0 Å². The van der Waals surface area contributed by atoms with Gasteiger partial charge in [-0.05, 0) is 38.5 Å². The highest BCUT2D eigenvalue weighted by Gasteiger charge is 2.51. The number of phosphoric acid groups is 1. The van der Waals surface area contributed by atoms with Gasteiger partial charge in [0, 0.05) is 12.8 Å². The van der Waals surface area contributed by atoms with Crippen molar-refractivity contribution >= 4 is 19.8 Å². The van der Waals surface area contributed by atoms with Gasteiger partial charge in [-0.1, -0.05) is 187 Å². The highest BCUT2D eigenvalue weighted by Crippen LogP contribution is 2.47. The second-order valence-corrected chi connectivity index (χ2v) is 19.1. The second-order valence-electron chi connectivity index (χ2n) is 17.7. The summed E-state index contributed by atoms with van der Waals surface area (Å²) in [6.45, 7) is 3.32. The maximum absolute atomic E-state index is 12.8. The maximum atomic E-state index is 12.8. The van der Waals surface area contributed by atoms with E-state index >= 15 is 0 Å². The molecule has 0 heterocycles. The second kappa shape index (κ2) is 38.8. The van der Waals surface area contributed by atoms with Crippen molar-refractivity contribution in [3.05, 3.63) is 12.2 Å². The third-order valence-electron chi connectivity index (χ3n) is 11.9. The number of aliphatic hydroxyl groups is 5. The number of esters is 2. The number of carbonyl (C=O) groups excluding carboxylic acids is 2. The van der Waals surface area contributed by atoms with Gasteiger partial charge in [-0.2, -0.15) is 0 Å². The van der Waals surface area contributed by atoms with Gasteiger partial charge >= 0.3 is 19.8 Å². The fourth-order valence-electron chi connectivity index (χ4n) is 7.81. The molecule has 0 saturated heterocycles. The fourth-order valence-corrected chi connectivity index (χ4v) is 8.79. The summed E-state index contributed by atoms with van der Waals surface area (Å²) in [6, 6.07) is 0. The number of phosphoric ester groups is 1. The van der Waals surface area contributed by atoms with Gasteiger partial charge in [0.25, 0.3) is 0 Å². The average Bonchev–Trinajstić information content (AvgIpc) is 3.25. The number of allylic oxidation sites excluding steroid dienone is 2. The van der Waals surface area contributed by atoms with Gasteiger partial charge in [0.05, 0.1) is 6.61 Å². The summed E-state index contributed by atoms with van der Waals surface area (Å²) in [6.07, 6.45) is 28.3. The Labute approximate surface area is 375 Å². The minimum Gasteiger partial charge on any atom is -0.462 e. The van der Waals surface area contributed by atoms with Crippen LogP contribution in [0, 0.1) is 0 Å². The molecule has 0 bridgehead atoms. The van der Waals surface area contributed by atoms with Crippen LogP contribution in [0.1, 0.15) is 226 Å². The topological polar surface area (TPSA) is 210 Å². The van der Waals surface area contributed by atoms with Crippen molar-refractivity contribution in [2.75, 3.05) is 13.2 Å². The number of aliphatic hydroxyl groups excluding tert-OH is 5. The number of hydrogen-bond acceptors (Lipinski definition) is 12. The Hall–Kier alpha value is -1.41. The summed E-state index contributed by atoms with van der Waals surface area (Å²) in [4.78, 5) is 35.8. The molecule has 366 valence electrons. The van der Waals surface area contributed by atoms with E-state index in [0.717, 1.165) is 57.8 Å². The van der Waals surface area contributed by atoms with Crippen molar-refractivity contribution in [3.63, 3.8) is 0 Å². The Kier molecular flexibility index (Phi) is 36.7. The highest BCUT2D eigenvalue weighted by atomic mass is 31.2. The highest BCUT2D eigenvalue weighted by molar-refractivity contribution is 7.47. The van der Waals surface area contributed by atoms with Crippen LogP contribution in [0.4, 0.5) is 0 Å². The minimum atomic E-state index is -5.12. The summed E-state index contributed by atoms with van der Waals surface area (Å²) in [5, 5.41) is 50.2. The SMILES string of the molecule is CCCCCCCCC/C=C\CCCCCCCC(=O)O[C@H](COC(=O)CCCCCCCCCCCCCCCCCCC)COP(=O)(O)OC1C(O)C(O)C(O)[C@@H](O)C1O. The summed E-state index contributed by atoms with van der Waals surface area (Å²) in [5.41, 5.74) is 0. The molecule has 13 nitrogen and oxygen atoms in total.